The number of amides is 3. The average Bonchev–Trinajstić information content (AvgIpc) is 2.61. The Morgan fingerprint density at radius 1 is 0.963 bits per heavy atom. The van der Waals surface area contributed by atoms with E-state index in [1.165, 1.54) is 6.92 Å². The summed E-state index contributed by atoms with van der Waals surface area (Å²) in [6.07, 6.45) is 0.564. The second-order valence-electron chi connectivity index (χ2n) is 6.95. The molecule has 0 aromatic heterocycles. The first-order valence-electron chi connectivity index (χ1n) is 8.96. The Balaban J connectivity index is 4.89. The Hall–Kier alpha value is -1.81. The predicted molar refractivity (Wildman–Crippen MR) is 105 cm³/mol. The normalized spacial score (nSPS) is 16.6. The molecule has 10 heteroatoms. The minimum Gasteiger partial charge on any atom is -0.480 e. The van der Waals surface area contributed by atoms with E-state index in [2.05, 4.69) is 28.6 Å². The van der Waals surface area contributed by atoms with Crippen LogP contribution in [-0.4, -0.2) is 58.7 Å². The lowest BCUT2D eigenvalue weighted by Gasteiger charge is -2.25. The Labute approximate surface area is 165 Å². The van der Waals surface area contributed by atoms with Crippen molar-refractivity contribution in [1.29, 1.82) is 0 Å². The molecule has 0 spiro atoms. The molecule has 5 unspecified atom stereocenters. The van der Waals surface area contributed by atoms with Crippen LogP contribution in [0.5, 0.6) is 0 Å². The van der Waals surface area contributed by atoms with Gasteiger partial charge >= 0.3 is 5.97 Å². The van der Waals surface area contributed by atoms with Crippen molar-refractivity contribution in [3.63, 3.8) is 0 Å². The Kier molecular flexibility index (Phi) is 11.0. The second kappa shape index (κ2) is 11.8. The molecule has 0 aliphatic rings. The molecule has 0 aromatic rings. The molecule has 0 saturated carbocycles. The molecular formula is C17H32N4O5S. The van der Waals surface area contributed by atoms with Crippen LogP contribution in [-0.2, 0) is 19.2 Å². The number of nitrogens with one attached hydrogen (secondary N) is 3. The monoisotopic (exact) mass is 404 g/mol. The van der Waals surface area contributed by atoms with E-state index in [0.717, 1.165) is 0 Å². The van der Waals surface area contributed by atoms with E-state index in [-0.39, 0.29) is 17.6 Å². The molecule has 27 heavy (non-hydrogen) atoms. The predicted octanol–water partition coefficient (Wildman–Crippen LogP) is -0.495. The van der Waals surface area contributed by atoms with Gasteiger partial charge in [-0.2, -0.15) is 12.6 Å². The third-order valence-electron chi connectivity index (χ3n) is 4.37. The van der Waals surface area contributed by atoms with Gasteiger partial charge in [0.05, 0.1) is 6.04 Å². The molecule has 156 valence electrons. The highest BCUT2D eigenvalue weighted by atomic mass is 32.1. The molecule has 0 rings (SSSR count). The van der Waals surface area contributed by atoms with Crippen LogP contribution < -0.4 is 21.7 Å². The molecule has 0 radical (unpaired) electrons. The highest BCUT2D eigenvalue weighted by Crippen LogP contribution is 2.08. The summed E-state index contributed by atoms with van der Waals surface area (Å²) < 4.78 is 0. The third kappa shape index (κ3) is 8.17. The van der Waals surface area contributed by atoms with Gasteiger partial charge in [0.25, 0.3) is 0 Å². The summed E-state index contributed by atoms with van der Waals surface area (Å²) in [7, 11) is 0. The number of nitrogens with two attached hydrogens (primary N) is 1. The van der Waals surface area contributed by atoms with Crippen molar-refractivity contribution in [2.75, 3.05) is 5.75 Å². The highest BCUT2D eigenvalue weighted by Gasteiger charge is 2.30. The number of hydrogen-bond donors (Lipinski definition) is 6. The van der Waals surface area contributed by atoms with Gasteiger partial charge in [-0.25, -0.2) is 4.79 Å². The van der Waals surface area contributed by atoms with Crippen molar-refractivity contribution in [2.24, 2.45) is 17.6 Å². The largest absolute Gasteiger partial charge is 0.480 e. The number of carboxylic acids is 1. The Bertz CT molecular complexity index is 543. The van der Waals surface area contributed by atoms with Crippen LogP contribution in [0.25, 0.3) is 0 Å². The molecule has 0 aromatic carbocycles. The first kappa shape index (κ1) is 25.2. The maximum absolute atomic E-state index is 12.3. The zero-order valence-corrected chi connectivity index (χ0v) is 17.4. The Morgan fingerprint density at radius 3 is 1.93 bits per heavy atom. The van der Waals surface area contributed by atoms with Gasteiger partial charge in [-0.3, -0.25) is 14.4 Å². The van der Waals surface area contributed by atoms with Crippen molar-refractivity contribution in [1.82, 2.24) is 16.0 Å². The van der Waals surface area contributed by atoms with E-state index >= 15 is 0 Å². The SMILES string of the molecule is CCC(C)C(NC(=O)C(CS)NC(=O)C(C)NC(=O)C(N)C(C)C)C(=O)O. The number of carbonyl (C=O) groups excluding carboxylic acids is 3. The molecular weight excluding hydrogens is 372 g/mol. The van der Waals surface area contributed by atoms with Gasteiger partial charge in [-0.15, -0.1) is 0 Å². The van der Waals surface area contributed by atoms with Gasteiger partial charge in [0.15, 0.2) is 0 Å². The summed E-state index contributed by atoms with van der Waals surface area (Å²) in [4.78, 5) is 47.9. The molecule has 0 bridgehead atoms. The number of aliphatic carboxylic acids is 1. The number of hydrogen-bond acceptors (Lipinski definition) is 6. The van der Waals surface area contributed by atoms with Gasteiger partial charge in [0.1, 0.15) is 18.1 Å². The van der Waals surface area contributed by atoms with E-state index in [1.54, 1.807) is 20.8 Å². The lowest BCUT2D eigenvalue weighted by molar-refractivity contribution is -0.143. The molecule has 0 heterocycles. The van der Waals surface area contributed by atoms with Crippen molar-refractivity contribution in [3.8, 4) is 0 Å². The third-order valence-corrected chi connectivity index (χ3v) is 4.73. The summed E-state index contributed by atoms with van der Waals surface area (Å²) >= 11 is 4.05. The molecule has 3 amide bonds. The van der Waals surface area contributed by atoms with Gasteiger partial charge < -0.3 is 26.8 Å². The van der Waals surface area contributed by atoms with Gasteiger partial charge in [0.2, 0.25) is 17.7 Å². The maximum Gasteiger partial charge on any atom is 0.326 e. The molecule has 0 saturated heterocycles. The highest BCUT2D eigenvalue weighted by molar-refractivity contribution is 7.80. The minimum absolute atomic E-state index is 0.0312. The van der Waals surface area contributed by atoms with Gasteiger partial charge in [-0.05, 0) is 18.8 Å². The fourth-order valence-corrected chi connectivity index (χ4v) is 2.36. The lowest BCUT2D eigenvalue weighted by Crippen LogP contribution is -2.58. The zero-order chi connectivity index (χ0) is 21.3. The van der Waals surface area contributed by atoms with Gasteiger partial charge in [-0.1, -0.05) is 34.1 Å². The first-order chi connectivity index (χ1) is 12.5. The van der Waals surface area contributed by atoms with Crippen LogP contribution in [0, 0.1) is 11.8 Å². The average molecular weight is 405 g/mol. The van der Waals surface area contributed by atoms with E-state index < -0.39 is 47.9 Å². The summed E-state index contributed by atoms with van der Waals surface area (Å²) in [5, 5.41) is 16.6. The van der Waals surface area contributed by atoms with Crippen LogP contribution in [0.1, 0.15) is 41.0 Å². The van der Waals surface area contributed by atoms with Crippen LogP contribution in [0.15, 0.2) is 0 Å². The van der Waals surface area contributed by atoms with E-state index in [0.29, 0.717) is 6.42 Å². The summed E-state index contributed by atoms with van der Waals surface area (Å²) in [6, 6.07) is -3.77. The van der Waals surface area contributed by atoms with E-state index in [4.69, 9.17) is 5.73 Å². The molecule has 5 atom stereocenters. The fraction of sp³-hybridized carbons (Fsp3) is 0.765. The van der Waals surface area contributed by atoms with Crippen LogP contribution >= 0.6 is 12.6 Å². The van der Waals surface area contributed by atoms with Crippen molar-refractivity contribution in [2.45, 2.75) is 65.2 Å². The second-order valence-corrected chi connectivity index (χ2v) is 7.32. The fourth-order valence-electron chi connectivity index (χ4n) is 2.11. The summed E-state index contributed by atoms with van der Waals surface area (Å²) in [5.74, 6) is -3.26. The first-order valence-corrected chi connectivity index (χ1v) is 9.59. The standard InChI is InChI=1S/C17H32N4O5S/c1-6-9(4)13(17(25)26)21-15(23)11(7-27)20-14(22)10(5)19-16(24)12(18)8(2)3/h8-13,27H,6-7,18H2,1-5H3,(H,19,24)(H,20,22)(H,21,23)(H,25,26). The zero-order valence-electron chi connectivity index (χ0n) is 16.5. The van der Waals surface area contributed by atoms with Crippen LogP contribution in [0.4, 0.5) is 0 Å². The lowest BCUT2D eigenvalue weighted by atomic mass is 9.99. The van der Waals surface area contributed by atoms with Crippen molar-refractivity contribution in [3.05, 3.63) is 0 Å². The summed E-state index contributed by atoms with van der Waals surface area (Å²) in [5.41, 5.74) is 5.73. The smallest absolute Gasteiger partial charge is 0.326 e. The number of rotatable bonds is 11. The summed E-state index contributed by atoms with van der Waals surface area (Å²) in [6.45, 7) is 8.56. The van der Waals surface area contributed by atoms with Crippen molar-refractivity contribution >= 4 is 36.3 Å². The minimum atomic E-state index is -1.15. The van der Waals surface area contributed by atoms with Crippen LogP contribution in [0.3, 0.4) is 0 Å². The molecule has 6 N–H and O–H groups in total. The molecule has 9 nitrogen and oxygen atoms in total. The Morgan fingerprint density at radius 2 is 1.52 bits per heavy atom. The molecule has 0 aliphatic carbocycles. The van der Waals surface area contributed by atoms with Crippen molar-refractivity contribution < 1.29 is 24.3 Å². The van der Waals surface area contributed by atoms with E-state index in [1.807, 2.05) is 6.92 Å². The van der Waals surface area contributed by atoms with E-state index in [9.17, 15) is 24.3 Å². The number of carboxylic acid groups (broad SMARTS) is 1. The molecule has 0 aliphatic heterocycles. The van der Waals surface area contributed by atoms with Gasteiger partial charge in [0, 0.05) is 5.75 Å². The number of thiol groups is 1. The van der Waals surface area contributed by atoms with Crippen LogP contribution in [0.2, 0.25) is 0 Å². The number of carbonyl (C=O) groups is 4. The topological polar surface area (TPSA) is 151 Å². The molecule has 0 fully saturated rings. The quantitative estimate of drug-likeness (QED) is 0.256. The maximum atomic E-state index is 12.3.